The Morgan fingerprint density at radius 2 is 1.40 bits per heavy atom. The van der Waals surface area contributed by atoms with Crippen molar-refractivity contribution < 1.29 is 37.7 Å². The number of hydrogen-bond donors (Lipinski definition) is 0. The predicted molar refractivity (Wildman–Crippen MR) is 17.5 cm³/mol. The molecule has 0 heterocycles. The van der Waals surface area contributed by atoms with Crippen LogP contribution in [0.5, 0.6) is 0 Å². The molecule has 0 aromatic rings. The van der Waals surface area contributed by atoms with Gasteiger partial charge in [0.25, 0.3) is 0 Å². The van der Waals surface area contributed by atoms with E-state index in [0.29, 0.717) is 0 Å². The van der Waals surface area contributed by atoms with Gasteiger partial charge in [-0.15, -0.1) is 6.92 Å². The molecule has 0 aromatic heterocycles. The summed E-state index contributed by atoms with van der Waals surface area (Å²) in [5.41, 5.74) is 0. The average Bonchev–Trinajstić information content (AvgIpc) is 0.918. The van der Waals surface area contributed by atoms with Crippen molar-refractivity contribution in [3.8, 4) is 0 Å². The first-order chi connectivity index (χ1) is 1.41. The monoisotopic (exact) mass is 74.0 g/mol. The molecule has 0 amide bonds. The number of rotatable bonds is 0. The zero-order valence-corrected chi connectivity index (χ0v) is 5.05. The van der Waals surface area contributed by atoms with Crippen molar-refractivity contribution in [3.05, 3.63) is 0 Å². The van der Waals surface area contributed by atoms with E-state index < -0.39 is 0 Å². The summed E-state index contributed by atoms with van der Waals surface area (Å²) in [5, 5.41) is 0. The van der Waals surface area contributed by atoms with Gasteiger partial charge in [-0.1, -0.05) is 0 Å². The summed E-state index contributed by atoms with van der Waals surface area (Å²) in [6, 6.07) is 0. The maximum Gasteiger partial charge on any atom is 1.00 e. The van der Waals surface area contributed by atoms with Gasteiger partial charge in [0, 0.05) is 0 Å². The molecular formula is C2H5Li2P. The Hall–Kier alpha value is 1.62. The van der Waals surface area contributed by atoms with Crippen LogP contribution in [-0.4, -0.2) is 6.16 Å². The predicted octanol–water partition coefficient (Wildman–Crippen LogP) is -4.58. The van der Waals surface area contributed by atoms with Crippen LogP contribution < -0.4 is 37.7 Å². The van der Waals surface area contributed by atoms with Gasteiger partial charge in [-0.05, 0) is 0 Å². The van der Waals surface area contributed by atoms with Crippen LogP contribution >= 0.6 is 9.24 Å². The molecular weight excluding hydrogens is 68.9 g/mol. The van der Waals surface area contributed by atoms with Crippen LogP contribution in [0, 0.1) is 0 Å². The Morgan fingerprint density at radius 1 is 1.40 bits per heavy atom. The summed E-state index contributed by atoms with van der Waals surface area (Å²) >= 11 is 0. The molecule has 0 nitrogen and oxygen atoms in total. The number of hydrogen-bond acceptors (Lipinski definition) is 0. The van der Waals surface area contributed by atoms with E-state index >= 15 is 0 Å². The molecule has 0 aliphatic rings. The maximum absolute atomic E-state index is 3.79. The van der Waals surface area contributed by atoms with E-state index in [0.717, 1.165) is 6.16 Å². The summed E-state index contributed by atoms with van der Waals surface area (Å²) < 4.78 is 0. The zero-order valence-electron chi connectivity index (χ0n) is 4.15. The van der Waals surface area contributed by atoms with Gasteiger partial charge in [0.2, 0.25) is 0 Å². The molecule has 0 N–H and O–H groups in total. The zero-order chi connectivity index (χ0) is 2.71. The van der Waals surface area contributed by atoms with E-state index in [1.165, 1.54) is 0 Å². The van der Waals surface area contributed by atoms with Gasteiger partial charge in [-0.25, -0.2) is 0 Å². The molecule has 0 rings (SSSR count). The molecule has 0 saturated heterocycles. The smallest absolute Gasteiger partial charge is 1.00 e. The van der Waals surface area contributed by atoms with Crippen LogP contribution in [0.15, 0.2) is 0 Å². The fraction of sp³-hybridized carbons (Fsp3) is 1.00. The summed E-state index contributed by atoms with van der Waals surface area (Å²) in [4.78, 5) is 0. The molecule has 0 aromatic carbocycles. The topological polar surface area (TPSA) is 0 Å². The van der Waals surface area contributed by atoms with Crippen molar-refractivity contribution in [3.63, 3.8) is 0 Å². The Labute approximate surface area is 60.0 Å². The minimum Gasteiger partial charge on any atom is -1.49 e. The van der Waals surface area contributed by atoms with Gasteiger partial charge in [0.1, 0.15) is 0 Å². The molecule has 3 heteroatoms. The minimum absolute atomic E-state index is 0. The van der Waals surface area contributed by atoms with E-state index in [-0.39, 0.29) is 37.7 Å². The van der Waals surface area contributed by atoms with Crippen molar-refractivity contribution in [1.82, 2.24) is 0 Å². The molecule has 0 aliphatic heterocycles. The van der Waals surface area contributed by atoms with E-state index in [1.54, 1.807) is 0 Å². The van der Waals surface area contributed by atoms with Crippen LogP contribution in [0.25, 0.3) is 0 Å². The Kier molecular flexibility index (Phi) is 55.7. The van der Waals surface area contributed by atoms with Crippen molar-refractivity contribution in [1.29, 1.82) is 0 Å². The normalized spacial score (nSPS) is 3.60. The average molecular weight is 73.9 g/mol. The molecule has 0 unspecified atom stereocenters. The van der Waals surface area contributed by atoms with Crippen LogP contribution in [-0.2, 0) is 0 Å². The van der Waals surface area contributed by atoms with Crippen LogP contribution in [0.3, 0.4) is 0 Å². The second kappa shape index (κ2) is 17.5. The fourth-order valence-corrected chi connectivity index (χ4v) is 0. The summed E-state index contributed by atoms with van der Waals surface area (Å²) in [6.45, 7) is 1.99. The molecule has 0 saturated carbocycles. The SMILES string of the molecule is CC[P-2].[Li+].[Li+]. The summed E-state index contributed by atoms with van der Waals surface area (Å²) in [5.74, 6) is 0. The maximum atomic E-state index is 3.79. The van der Waals surface area contributed by atoms with Gasteiger partial charge in [-0.2, -0.15) is 0 Å². The molecule has 0 spiro atoms. The van der Waals surface area contributed by atoms with Gasteiger partial charge < -0.3 is 15.4 Å². The Morgan fingerprint density at radius 3 is 1.40 bits per heavy atom. The Bertz CT molecular complexity index is 7.61. The molecule has 0 bridgehead atoms. The van der Waals surface area contributed by atoms with Gasteiger partial charge in [0.15, 0.2) is 0 Å². The fourth-order valence-electron chi connectivity index (χ4n) is 0. The second-order valence-corrected chi connectivity index (χ2v) is 0.949. The summed E-state index contributed by atoms with van der Waals surface area (Å²) in [7, 11) is 3.79. The van der Waals surface area contributed by atoms with Crippen molar-refractivity contribution in [2.45, 2.75) is 6.92 Å². The van der Waals surface area contributed by atoms with E-state index in [4.69, 9.17) is 0 Å². The van der Waals surface area contributed by atoms with Crippen molar-refractivity contribution in [2.24, 2.45) is 0 Å². The van der Waals surface area contributed by atoms with Gasteiger partial charge in [0.05, 0.1) is 0 Å². The van der Waals surface area contributed by atoms with E-state index in [2.05, 4.69) is 9.24 Å². The van der Waals surface area contributed by atoms with Crippen molar-refractivity contribution in [2.75, 3.05) is 6.16 Å². The Balaban J connectivity index is -0.0000000200. The van der Waals surface area contributed by atoms with Gasteiger partial charge >= 0.3 is 37.7 Å². The van der Waals surface area contributed by atoms with Crippen molar-refractivity contribution >= 4 is 9.24 Å². The first kappa shape index (κ1) is 16.0. The standard InChI is InChI=1S/C2H5P.2Li/c1-2-3;;/h2H2,1H3;;/q-2;2*+1. The molecule has 0 fully saturated rings. The third kappa shape index (κ3) is 28.0. The third-order valence-corrected chi connectivity index (χ3v) is 0. The first-order valence-corrected chi connectivity index (χ1v) is 1.66. The molecule has 20 valence electrons. The quantitative estimate of drug-likeness (QED) is 0.200. The van der Waals surface area contributed by atoms with E-state index in [9.17, 15) is 0 Å². The molecule has 0 atom stereocenters. The molecule has 5 heavy (non-hydrogen) atoms. The second-order valence-electron chi connectivity index (χ2n) is 0.316. The molecule has 0 aliphatic carbocycles. The van der Waals surface area contributed by atoms with Crippen LogP contribution in [0.1, 0.15) is 6.92 Å². The third-order valence-electron chi connectivity index (χ3n) is 0. The van der Waals surface area contributed by atoms with Crippen LogP contribution in [0.4, 0.5) is 0 Å². The van der Waals surface area contributed by atoms with E-state index in [1.807, 2.05) is 6.92 Å². The summed E-state index contributed by atoms with van der Waals surface area (Å²) in [6.07, 6.45) is 0.944. The largest absolute Gasteiger partial charge is 1.49 e. The van der Waals surface area contributed by atoms with Crippen LogP contribution in [0.2, 0.25) is 0 Å². The molecule has 0 radical (unpaired) electrons. The minimum atomic E-state index is 0. The van der Waals surface area contributed by atoms with Gasteiger partial charge in [-0.3, -0.25) is 0 Å². The first-order valence-electron chi connectivity index (χ1n) is 1.02.